The van der Waals surface area contributed by atoms with Gasteiger partial charge in [-0.2, -0.15) is 0 Å². The Labute approximate surface area is 150 Å². The summed E-state index contributed by atoms with van der Waals surface area (Å²) in [5.74, 6) is 0.684. The van der Waals surface area contributed by atoms with Crippen LogP contribution in [0.1, 0.15) is 31.4 Å². The van der Waals surface area contributed by atoms with E-state index < -0.39 is 0 Å². The van der Waals surface area contributed by atoms with Gasteiger partial charge in [0, 0.05) is 45.4 Å². The highest BCUT2D eigenvalue weighted by molar-refractivity contribution is 5.80. The number of hydrogen-bond donors (Lipinski definition) is 1. The van der Waals surface area contributed by atoms with Crippen LogP contribution in [0.4, 0.5) is 4.39 Å². The van der Waals surface area contributed by atoms with Crippen molar-refractivity contribution >= 4 is 5.96 Å². The Kier molecular flexibility index (Phi) is 7.65. The van der Waals surface area contributed by atoms with Crippen LogP contribution >= 0.6 is 0 Å². The summed E-state index contributed by atoms with van der Waals surface area (Å²) in [7, 11) is 3.39. The molecule has 0 radical (unpaired) electrons. The van der Waals surface area contributed by atoms with Crippen molar-refractivity contribution in [2.75, 3.05) is 40.3 Å². The van der Waals surface area contributed by atoms with E-state index in [0.29, 0.717) is 18.2 Å². The number of halogens is 1. The molecule has 0 bridgehead atoms. The molecule has 2 rings (SSSR count). The fourth-order valence-corrected chi connectivity index (χ4v) is 3.49. The maximum atomic E-state index is 13.7. The van der Waals surface area contributed by atoms with Crippen molar-refractivity contribution in [1.82, 2.24) is 15.1 Å². The van der Waals surface area contributed by atoms with Crippen molar-refractivity contribution in [2.45, 2.75) is 39.5 Å². The zero-order chi connectivity index (χ0) is 18.2. The minimum absolute atomic E-state index is 0.225. The normalized spacial score (nSPS) is 18.2. The topological polar surface area (TPSA) is 40.1 Å². The van der Waals surface area contributed by atoms with Crippen molar-refractivity contribution in [3.63, 3.8) is 0 Å². The van der Waals surface area contributed by atoms with Crippen molar-refractivity contribution in [1.29, 1.82) is 0 Å². The first-order valence-electron chi connectivity index (χ1n) is 9.08. The molecule has 25 heavy (non-hydrogen) atoms. The SMILES string of the molecule is CCN(CC)C1CCN(C(=NC)NCc2ccc(F)c(COC)c2)C1. The van der Waals surface area contributed by atoms with Crippen LogP contribution < -0.4 is 5.32 Å². The molecule has 1 N–H and O–H groups in total. The molecular weight excluding hydrogens is 319 g/mol. The summed E-state index contributed by atoms with van der Waals surface area (Å²) in [6.07, 6.45) is 1.16. The Bertz CT molecular complexity index is 575. The molecule has 1 atom stereocenters. The van der Waals surface area contributed by atoms with Crippen LogP contribution in [-0.2, 0) is 17.9 Å². The molecule has 0 saturated carbocycles. The van der Waals surface area contributed by atoms with E-state index >= 15 is 0 Å². The predicted molar refractivity (Wildman–Crippen MR) is 100 cm³/mol. The quantitative estimate of drug-likeness (QED) is 0.606. The summed E-state index contributed by atoms with van der Waals surface area (Å²) >= 11 is 0. The maximum Gasteiger partial charge on any atom is 0.193 e. The highest BCUT2D eigenvalue weighted by atomic mass is 19.1. The van der Waals surface area contributed by atoms with Gasteiger partial charge in [-0.15, -0.1) is 0 Å². The molecule has 0 spiro atoms. The molecular formula is C19H31FN4O. The van der Waals surface area contributed by atoms with Gasteiger partial charge in [-0.05, 0) is 37.2 Å². The van der Waals surface area contributed by atoms with E-state index in [9.17, 15) is 4.39 Å². The molecule has 1 saturated heterocycles. The van der Waals surface area contributed by atoms with Gasteiger partial charge in [0.15, 0.2) is 5.96 Å². The summed E-state index contributed by atoms with van der Waals surface area (Å²) < 4.78 is 18.8. The number of rotatable bonds is 7. The third-order valence-corrected chi connectivity index (χ3v) is 4.86. The van der Waals surface area contributed by atoms with Crippen LogP contribution in [0, 0.1) is 5.82 Å². The monoisotopic (exact) mass is 350 g/mol. The highest BCUT2D eigenvalue weighted by Crippen LogP contribution is 2.16. The lowest BCUT2D eigenvalue weighted by atomic mass is 10.1. The van der Waals surface area contributed by atoms with E-state index in [-0.39, 0.29) is 12.4 Å². The van der Waals surface area contributed by atoms with E-state index in [0.717, 1.165) is 44.1 Å². The Hall–Kier alpha value is -1.66. The number of likely N-dealkylation sites (tertiary alicyclic amines) is 1. The number of benzene rings is 1. The molecule has 140 valence electrons. The largest absolute Gasteiger partial charge is 0.380 e. The average molecular weight is 350 g/mol. The lowest BCUT2D eigenvalue weighted by Gasteiger charge is -2.27. The molecule has 5 nitrogen and oxygen atoms in total. The lowest BCUT2D eigenvalue weighted by molar-refractivity contribution is 0.181. The second kappa shape index (κ2) is 9.73. The van der Waals surface area contributed by atoms with Crippen molar-refractivity contribution < 1.29 is 9.13 Å². The fourth-order valence-electron chi connectivity index (χ4n) is 3.49. The minimum atomic E-state index is -0.225. The average Bonchev–Trinajstić information content (AvgIpc) is 3.09. The van der Waals surface area contributed by atoms with Gasteiger partial charge < -0.3 is 15.0 Å². The summed E-state index contributed by atoms with van der Waals surface area (Å²) in [5, 5.41) is 3.41. The van der Waals surface area contributed by atoms with E-state index in [2.05, 4.69) is 34.0 Å². The van der Waals surface area contributed by atoms with Crippen LogP contribution in [0.5, 0.6) is 0 Å². The van der Waals surface area contributed by atoms with Gasteiger partial charge in [-0.1, -0.05) is 19.9 Å². The number of ether oxygens (including phenoxy) is 1. The van der Waals surface area contributed by atoms with Gasteiger partial charge in [0.05, 0.1) is 6.61 Å². The predicted octanol–water partition coefficient (Wildman–Crippen LogP) is 2.46. The molecule has 1 unspecified atom stereocenters. The van der Waals surface area contributed by atoms with Crippen LogP contribution in [0.15, 0.2) is 23.2 Å². The first-order valence-corrected chi connectivity index (χ1v) is 9.08. The van der Waals surface area contributed by atoms with Gasteiger partial charge in [-0.25, -0.2) is 4.39 Å². The van der Waals surface area contributed by atoms with E-state index in [1.165, 1.54) is 6.07 Å². The zero-order valence-electron chi connectivity index (χ0n) is 15.9. The van der Waals surface area contributed by atoms with Crippen molar-refractivity contribution in [3.05, 3.63) is 35.1 Å². The Morgan fingerprint density at radius 2 is 2.16 bits per heavy atom. The second-order valence-corrected chi connectivity index (χ2v) is 6.37. The number of guanidine groups is 1. The minimum Gasteiger partial charge on any atom is -0.380 e. The molecule has 0 amide bonds. The molecule has 0 aromatic heterocycles. The first-order chi connectivity index (χ1) is 12.1. The molecule has 1 aliphatic heterocycles. The van der Waals surface area contributed by atoms with Gasteiger partial charge >= 0.3 is 0 Å². The van der Waals surface area contributed by atoms with Gasteiger partial charge in [0.1, 0.15) is 5.82 Å². The second-order valence-electron chi connectivity index (χ2n) is 6.37. The summed E-state index contributed by atoms with van der Waals surface area (Å²) in [4.78, 5) is 9.23. The Balaban J connectivity index is 1.94. The number of likely N-dealkylation sites (N-methyl/N-ethyl adjacent to an activating group) is 1. The summed E-state index contributed by atoms with van der Waals surface area (Å²) in [5.41, 5.74) is 1.61. The number of nitrogens with one attached hydrogen (secondary N) is 1. The van der Waals surface area contributed by atoms with Crippen molar-refractivity contribution in [3.8, 4) is 0 Å². The van der Waals surface area contributed by atoms with E-state index in [1.54, 1.807) is 13.2 Å². The van der Waals surface area contributed by atoms with Gasteiger partial charge in [0.25, 0.3) is 0 Å². The smallest absolute Gasteiger partial charge is 0.193 e. The highest BCUT2D eigenvalue weighted by Gasteiger charge is 2.27. The molecule has 1 heterocycles. The van der Waals surface area contributed by atoms with Crippen molar-refractivity contribution in [2.24, 2.45) is 4.99 Å². The van der Waals surface area contributed by atoms with Crippen LogP contribution in [0.3, 0.4) is 0 Å². The number of methoxy groups -OCH3 is 1. The van der Waals surface area contributed by atoms with Gasteiger partial charge in [-0.3, -0.25) is 9.89 Å². The summed E-state index contributed by atoms with van der Waals surface area (Å²) in [6, 6.07) is 5.74. The Morgan fingerprint density at radius 3 is 2.80 bits per heavy atom. The third-order valence-electron chi connectivity index (χ3n) is 4.86. The molecule has 0 aliphatic carbocycles. The maximum absolute atomic E-state index is 13.7. The van der Waals surface area contributed by atoms with Gasteiger partial charge in [0.2, 0.25) is 0 Å². The number of hydrogen-bond acceptors (Lipinski definition) is 3. The Morgan fingerprint density at radius 1 is 1.40 bits per heavy atom. The van der Waals surface area contributed by atoms with Crippen LogP contribution in [0.25, 0.3) is 0 Å². The van der Waals surface area contributed by atoms with Crippen LogP contribution in [-0.4, -0.2) is 62.1 Å². The molecule has 1 aromatic rings. The van der Waals surface area contributed by atoms with Crippen LogP contribution in [0.2, 0.25) is 0 Å². The lowest BCUT2D eigenvalue weighted by Crippen LogP contribution is -2.43. The third kappa shape index (κ3) is 5.16. The molecule has 1 fully saturated rings. The molecule has 1 aliphatic rings. The number of nitrogens with zero attached hydrogens (tertiary/aromatic N) is 3. The molecule has 1 aromatic carbocycles. The van der Waals surface area contributed by atoms with E-state index in [4.69, 9.17) is 4.74 Å². The number of aliphatic imine (C=N–C) groups is 1. The zero-order valence-corrected chi connectivity index (χ0v) is 15.9. The fraction of sp³-hybridized carbons (Fsp3) is 0.632. The first kappa shape index (κ1) is 19.7. The standard InChI is InChI=1S/C19H31FN4O/c1-5-23(6-2)17-9-10-24(13-17)19(21-3)22-12-15-7-8-18(20)16(11-15)14-25-4/h7-8,11,17H,5-6,9-10,12-14H2,1-4H3,(H,21,22). The van der Waals surface area contributed by atoms with E-state index in [1.807, 2.05) is 13.1 Å². The molecule has 6 heteroatoms. The summed E-state index contributed by atoms with van der Waals surface area (Å²) in [6.45, 7) is 9.51.